The van der Waals surface area contributed by atoms with Gasteiger partial charge in [-0.15, -0.1) is 0 Å². The Labute approximate surface area is 308 Å². The van der Waals surface area contributed by atoms with Crippen molar-refractivity contribution in [1.29, 1.82) is 0 Å². The van der Waals surface area contributed by atoms with Crippen LogP contribution in [0.3, 0.4) is 0 Å². The monoisotopic (exact) mass is 729 g/mol. The number of halogens is 1. The Morgan fingerprint density at radius 2 is 1.13 bits per heavy atom. The van der Waals surface area contributed by atoms with Gasteiger partial charge < -0.3 is 9.80 Å². The average molecular weight is 730 g/mol. The minimum atomic E-state index is -4.84. The highest BCUT2D eigenvalue weighted by Crippen LogP contribution is 2.46. The fraction of sp³-hybridized carbons (Fsp3) is 0.436. The molecule has 0 fully saturated rings. The average Bonchev–Trinajstić information content (AvgIpc) is 3.43. The van der Waals surface area contributed by atoms with Crippen LogP contribution in [0.2, 0.25) is 0 Å². The van der Waals surface area contributed by atoms with E-state index in [1.165, 1.54) is 0 Å². The van der Waals surface area contributed by atoms with Gasteiger partial charge in [-0.05, 0) is 54.2 Å². The lowest BCUT2D eigenvalue weighted by Crippen LogP contribution is -2.72. The smallest absolute Gasteiger partial charge is 0.309 e. The van der Waals surface area contributed by atoms with Crippen LogP contribution in [0.5, 0.6) is 0 Å². The van der Waals surface area contributed by atoms with Gasteiger partial charge in [-0.1, -0.05) is 97.9 Å². The number of para-hydroxylation sites is 4. The number of benzene rings is 2. The van der Waals surface area contributed by atoms with Gasteiger partial charge in [0.1, 0.15) is 22.6 Å². The molecule has 4 aromatic rings. The molecule has 13 heteroatoms. The Kier molecular flexibility index (Phi) is 10.9. The standard InChI is InChI=1S/C39H50ClN8O4/c1-26(2)22-45-34(46(23-27(3)4)37-36(45)41-30-16-12-13-17-31(30)42-37)20-10-9-11-21-35-47(24-28(5)6)38-39(44-33-19-15-14-18-32(33)43-38)48(35,25-29(7)8)52-40(49,50)51/h9-21,26-29,35H,22-25H2,1-8H3/q+1. The van der Waals surface area contributed by atoms with E-state index in [1.54, 1.807) is 0 Å². The molecule has 276 valence electrons. The van der Waals surface area contributed by atoms with Gasteiger partial charge in [0.05, 0.1) is 22.1 Å². The molecular weight excluding hydrogens is 680 g/mol. The maximum atomic E-state index is 12.5. The number of anilines is 3. The number of allylic oxidation sites excluding steroid dienone is 4. The van der Waals surface area contributed by atoms with Crippen LogP contribution in [0, 0.1) is 33.9 Å². The summed E-state index contributed by atoms with van der Waals surface area (Å²) in [6, 6.07) is 15.4. The van der Waals surface area contributed by atoms with E-state index in [4.69, 9.17) is 24.3 Å². The predicted octanol–water partition coefficient (Wildman–Crippen LogP) is 4.76. The van der Waals surface area contributed by atoms with Crippen molar-refractivity contribution in [3.63, 3.8) is 0 Å². The Hall–Kier alpha value is -4.17. The second kappa shape index (κ2) is 15.1. The normalized spacial score (nSPS) is 19.3. The van der Waals surface area contributed by atoms with Crippen molar-refractivity contribution < 1.29 is 28.6 Å². The molecule has 0 spiro atoms. The lowest BCUT2D eigenvalue weighted by atomic mass is 10.1. The van der Waals surface area contributed by atoms with Gasteiger partial charge in [-0.2, -0.15) is 19.0 Å². The Balaban J connectivity index is 1.42. The third-order valence-electron chi connectivity index (χ3n) is 8.76. The minimum Gasteiger partial charge on any atom is -0.309 e. The van der Waals surface area contributed by atoms with Crippen LogP contribution in [-0.2, 0) is 4.39 Å². The van der Waals surface area contributed by atoms with Crippen LogP contribution in [0.25, 0.3) is 22.1 Å². The SMILES string of the molecule is CC(C)CN1C(=CC=CC=CC2N(CC(C)C)c3nc4ccccc4nc3[N+]2(CC(C)C)O[Cl+3]([O-])([O-])[O-])N(CC(C)C)c2nc3ccccc3nc21. The third-order valence-corrected chi connectivity index (χ3v) is 9.18. The van der Waals surface area contributed by atoms with Crippen LogP contribution in [0.4, 0.5) is 23.3 Å². The van der Waals surface area contributed by atoms with Crippen molar-refractivity contribution in [3.05, 3.63) is 84.7 Å². The summed E-state index contributed by atoms with van der Waals surface area (Å²) >= 11 is 0. The van der Waals surface area contributed by atoms with Gasteiger partial charge in [-0.25, -0.2) is 15.0 Å². The molecule has 0 N–H and O–H groups in total. The third kappa shape index (κ3) is 7.78. The largest absolute Gasteiger partial charge is 0.319 e. The van der Waals surface area contributed by atoms with E-state index in [9.17, 15) is 14.0 Å². The molecule has 0 saturated carbocycles. The first-order valence-electron chi connectivity index (χ1n) is 18.1. The molecule has 2 aliphatic rings. The number of fused-ring (bicyclic) bond motifs is 4. The first-order chi connectivity index (χ1) is 24.7. The fourth-order valence-electron chi connectivity index (χ4n) is 7.07. The molecule has 0 radical (unpaired) electrons. The zero-order chi connectivity index (χ0) is 37.4. The number of hydrogen-bond acceptors (Lipinski definition) is 11. The van der Waals surface area contributed by atoms with Crippen molar-refractivity contribution in [2.75, 3.05) is 40.9 Å². The van der Waals surface area contributed by atoms with Gasteiger partial charge in [0.15, 0.2) is 11.6 Å². The molecule has 0 saturated heterocycles. The van der Waals surface area contributed by atoms with Gasteiger partial charge >= 0.3 is 5.82 Å². The molecule has 2 aromatic carbocycles. The molecule has 2 aliphatic heterocycles. The Morgan fingerprint density at radius 1 is 0.654 bits per heavy atom. The molecule has 52 heavy (non-hydrogen) atoms. The van der Waals surface area contributed by atoms with E-state index in [2.05, 4.69) is 57.4 Å². The zero-order valence-corrected chi connectivity index (χ0v) is 32.1. The number of aromatic nitrogens is 4. The Bertz CT molecular complexity index is 1930. The van der Waals surface area contributed by atoms with Crippen molar-refractivity contribution in [1.82, 2.24) is 24.6 Å². The quantitative estimate of drug-likeness (QED) is 0.139. The van der Waals surface area contributed by atoms with E-state index in [0.29, 0.717) is 41.0 Å². The molecule has 0 aliphatic carbocycles. The summed E-state index contributed by atoms with van der Waals surface area (Å²) in [6.45, 7) is 19.1. The molecule has 0 bridgehead atoms. The summed E-state index contributed by atoms with van der Waals surface area (Å²) in [5.41, 5.74) is 2.96. The topological polar surface area (TPSA) is 140 Å². The summed E-state index contributed by atoms with van der Waals surface area (Å²) < 4.78 is 42.3. The number of hydroxylamine groups is 2. The lowest BCUT2D eigenvalue weighted by molar-refractivity contribution is -1.92. The summed E-state index contributed by atoms with van der Waals surface area (Å²) in [4.78, 5) is 26.5. The molecule has 0 amide bonds. The summed E-state index contributed by atoms with van der Waals surface area (Å²) in [6.07, 6.45) is 8.97. The van der Waals surface area contributed by atoms with E-state index >= 15 is 0 Å². The molecule has 2 atom stereocenters. The zero-order valence-electron chi connectivity index (χ0n) is 31.3. The molecule has 12 nitrogen and oxygen atoms in total. The maximum Gasteiger partial charge on any atom is 0.319 e. The molecule has 6 rings (SSSR count). The van der Waals surface area contributed by atoms with Crippen LogP contribution in [-0.4, -0.2) is 52.3 Å². The van der Waals surface area contributed by atoms with Crippen molar-refractivity contribution in [2.24, 2.45) is 23.7 Å². The highest BCUT2D eigenvalue weighted by Gasteiger charge is 2.64. The molecule has 2 unspecified atom stereocenters. The van der Waals surface area contributed by atoms with Crippen molar-refractivity contribution in [3.8, 4) is 0 Å². The van der Waals surface area contributed by atoms with Gasteiger partial charge in [0.25, 0.3) is 4.39 Å². The summed E-state index contributed by atoms with van der Waals surface area (Å²) in [5, 5.41) is 0. The van der Waals surface area contributed by atoms with Crippen molar-refractivity contribution >= 4 is 45.3 Å². The maximum absolute atomic E-state index is 12.5. The first kappa shape index (κ1) is 37.6. The van der Waals surface area contributed by atoms with Gasteiger partial charge in [-0.3, -0.25) is 4.90 Å². The second-order valence-corrected chi connectivity index (χ2v) is 16.2. The first-order valence-corrected chi connectivity index (χ1v) is 19.3. The second-order valence-electron chi connectivity index (χ2n) is 15.3. The molecule has 2 aromatic heterocycles. The van der Waals surface area contributed by atoms with Gasteiger partial charge in [0.2, 0.25) is 12.0 Å². The van der Waals surface area contributed by atoms with E-state index in [1.807, 2.05) is 91.6 Å². The molecular formula is C39H50ClN8O4+. The number of rotatable bonds is 13. The van der Waals surface area contributed by atoms with Crippen LogP contribution >= 0.6 is 0 Å². The van der Waals surface area contributed by atoms with Crippen LogP contribution < -0.4 is 33.3 Å². The fourth-order valence-corrected chi connectivity index (χ4v) is 7.57. The highest BCUT2D eigenvalue weighted by molar-refractivity contribution is 5.86. The van der Waals surface area contributed by atoms with E-state index in [0.717, 1.165) is 41.6 Å². The predicted molar refractivity (Wildman–Crippen MR) is 198 cm³/mol. The Morgan fingerprint density at radius 3 is 1.60 bits per heavy atom. The van der Waals surface area contributed by atoms with Crippen LogP contribution in [0.1, 0.15) is 55.4 Å². The number of quaternary nitrogens is 1. The molecule has 4 heterocycles. The number of hydrogen-bond donors (Lipinski definition) is 0. The van der Waals surface area contributed by atoms with E-state index < -0.39 is 21.1 Å². The van der Waals surface area contributed by atoms with Gasteiger partial charge in [0, 0.05) is 30.2 Å². The highest BCUT2D eigenvalue weighted by atomic mass is 35.7. The summed E-state index contributed by atoms with van der Waals surface area (Å²) in [7, 11) is -4.84. The number of nitrogens with zero attached hydrogens (tertiary/aromatic N) is 8. The lowest BCUT2D eigenvalue weighted by Gasteiger charge is -2.32. The van der Waals surface area contributed by atoms with Crippen molar-refractivity contribution in [2.45, 2.75) is 61.6 Å². The summed E-state index contributed by atoms with van der Waals surface area (Å²) in [5.74, 6) is 4.31. The minimum absolute atomic E-state index is 0.0602. The van der Waals surface area contributed by atoms with E-state index in [-0.39, 0.29) is 18.4 Å². The van der Waals surface area contributed by atoms with Crippen LogP contribution in [0.15, 0.2) is 84.7 Å².